The molecule has 2 aliphatic heterocycles. The van der Waals surface area contributed by atoms with Gasteiger partial charge in [0.15, 0.2) is 5.79 Å². The van der Waals surface area contributed by atoms with Gasteiger partial charge in [-0.25, -0.2) is 4.79 Å². The molecule has 2 saturated heterocycles. The largest absolute Gasteiger partial charge is 0.455 e. The summed E-state index contributed by atoms with van der Waals surface area (Å²) in [6.45, 7) is 16.3. The van der Waals surface area contributed by atoms with E-state index in [1.54, 1.807) is 6.92 Å². The molecule has 2 fully saturated rings. The van der Waals surface area contributed by atoms with Crippen LogP contribution in [-0.2, 0) is 28.6 Å². The first kappa shape index (κ1) is 36.5. The zero-order valence-electron chi connectivity index (χ0n) is 27.4. The van der Waals surface area contributed by atoms with Gasteiger partial charge < -0.3 is 19.0 Å². The monoisotopic (exact) mass is 638 g/mol. The molecule has 7 nitrogen and oxygen atoms in total. The highest BCUT2D eigenvalue weighted by Gasteiger charge is 2.64. The van der Waals surface area contributed by atoms with Gasteiger partial charge in [0.25, 0.3) is 0 Å². The van der Waals surface area contributed by atoms with Gasteiger partial charge >= 0.3 is 11.9 Å². The van der Waals surface area contributed by atoms with Crippen molar-refractivity contribution >= 4 is 11.9 Å². The van der Waals surface area contributed by atoms with Crippen LogP contribution in [0.1, 0.15) is 104 Å². The molecule has 7 heteroatoms. The molecule has 1 spiro atoms. The molecule has 0 aromatic rings. The average Bonchev–Trinajstić information content (AvgIpc) is 3.04. The molecule has 2 heterocycles. The lowest BCUT2D eigenvalue weighted by atomic mass is 9.66. The van der Waals surface area contributed by atoms with Crippen molar-refractivity contribution in [3.05, 3.63) is 0 Å². The molecule has 0 aliphatic carbocycles. The van der Waals surface area contributed by atoms with Crippen LogP contribution in [0.15, 0.2) is 0 Å². The van der Waals surface area contributed by atoms with E-state index >= 15 is 0 Å². The first-order valence-electron chi connectivity index (χ1n) is 14.8. The molecule has 3 unspecified atom stereocenters. The molecular formula is C38H71NO6. The number of hydroxylamine groups is 2. The van der Waals surface area contributed by atoms with Crippen molar-refractivity contribution in [2.75, 3.05) is 19.8 Å². The van der Waals surface area contributed by atoms with Crippen LogP contribution >= 0.6 is 0 Å². The van der Waals surface area contributed by atoms with Crippen LogP contribution in [0.5, 0.6) is 0 Å². The number of piperidine rings is 1. The molecule has 0 saturated carbocycles. The topological polar surface area (TPSA) is 74.3 Å². The predicted octanol–water partition coefficient (Wildman–Crippen LogP) is 7.81. The summed E-state index contributed by atoms with van der Waals surface area (Å²) in [6.07, 6.45) is 2.64. The van der Waals surface area contributed by atoms with Crippen molar-refractivity contribution < 1.29 is 51.5 Å². The second-order valence-electron chi connectivity index (χ2n) is 11.3. The number of hydrogen-bond acceptors (Lipinski definition) is 7. The summed E-state index contributed by atoms with van der Waals surface area (Å²) in [5.74, 6) is 38.1. The van der Waals surface area contributed by atoms with Crippen LogP contribution in [0, 0.1) is 106 Å². The lowest BCUT2D eigenvalue weighted by Crippen LogP contribution is -2.74. The number of carbonyl (C=O) groups excluding carboxylic acids is 2. The summed E-state index contributed by atoms with van der Waals surface area (Å²) in [6, 6.07) is 0. The van der Waals surface area contributed by atoms with Crippen LogP contribution in [0.25, 0.3) is 0 Å². The molecule has 0 bridgehead atoms. The Kier molecular flexibility index (Phi) is 13.8. The third kappa shape index (κ3) is 9.64. The van der Waals surface area contributed by atoms with Crippen molar-refractivity contribution in [2.24, 2.45) is 11.3 Å². The van der Waals surface area contributed by atoms with Crippen molar-refractivity contribution in [2.45, 2.75) is 97.9 Å². The second kappa shape index (κ2) is 17.0. The maximum atomic E-state index is 12.3. The van der Waals surface area contributed by atoms with Crippen LogP contribution < -0.4 is 0 Å². The highest BCUT2D eigenvalue weighted by Crippen LogP contribution is 2.54. The van der Waals surface area contributed by atoms with Crippen LogP contribution in [-0.4, -0.2) is 53.7 Å². The molecule has 0 amide bonds. The van der Waals surface area contributed by atoms with E-state index in [1.165, 1.54) is 6.92 Å². The summed E-state index contributed by atoms with van der Waals surface area (Å²) >= 11 is 0. The molecule has 2 rings (SSSR count). The van der Waals surface area contributed by atoms with E-state index < -0.39 is 28.2 Å². The Hall–Kier alpha value is -4.70. The Morgan fingerprint density at radius 2 is 1.29 bits per heavy atom. The normalized spacial score (nSPS) is 27.6. The average molecular weight is 638 g/mol. The Morgan fingerprint density at radius 1 is 0.800 bits per heavy atom. The van der Waals surface area contributed by atoms with Crippen LogP contribution in [0.4, 0.5) is 0 Å². The highest BCUT2D eigenvalue weighted by molar-refractivity contribution is 5.89. The molecular weight excluding hydrogens is 566 g/mol. The standard InChI is InChI=1S/C38H39NO6.16H2/c1-9-13-14-15-16-17-18-19-20-21-22-23-24-25-26-27-34(41)42-29-37(12-4)30-43-38(44-31-37)28-35(7,10-2)39(45-33(6)40)36(8,11-3)32(38)5;;;;;;;;;;;;;;;;/h32H,10-12,28-31H2,1-8H3;16*1H. The molecule has 0 aromatic heterocycles. The van der Waals surface area contributed by atoms with E-state index in [9.17, 15) is 9.59 Å². The predicted molar refractivity (Wildman–Crippen MR) is 205 cm³/mol. The maximum absolute atomic E-state index is 12.3. The summed E-state index contributed by atoms with van der Waals surface area (Å²) in [5.41, 5.74) is -1.55. The number of nitrogens with zero attached hydrogens (tertiary/aromatic N) is 1. The first-order valence-corrected chi connectivity index (χ1v) is 14.8. The van der Waals surface area contributed by atoms with Gasteiger partial charge in [0, 0.05) is 48.0 Å². The summed E-state index contributed by atoms with van der Waals surface area (Å²) in [4.78, 5) is 30.1. The third-order valence-corrected chi connectivity index (χ3v) is 8.48. The third-order valence-electron chi connectivity index (χ3n) is 8.48. The smallest absolute Gasteiger partial charge is 0.385 e. The molecule has 0 radical (unpaired) electrons. The van der Waals surface area contributed by atoms with Gasteiger partial charge in [-0.05, 0) is 123 Å². The van der Waals surface area contributed by atoms with Crippen molar-refractivity contribution in [3.63, 3.8) is 0 Å². The molecule has 264 valence electrons. The van der Waals surface area contributed by atoms with E-state index in [0.29, 0.717) is 26.1 Å². The quantitative estimate of drug-likeness (QED) is 0.167. The van der Waals surface area contributed by atoms with Gasteiger partial charge in [-0.2, -0.15) is 0 Å². The number of rotatable bonds is 6. The van der Waals surface area contributed by atoms with Gasteiger partial charge in [0.2, 0.25) is 0 Å². The Labute approximate surface area is 292 Å². The highest BCUT2D eigenvalue weighted by atomic mass is 16.7. The minimum Gasteiger partial charge on any atom is -0.455 e. The van der Waals surface area contributed by atoms with E-state index in [2.05, 4.69) is 129 Å². The van der Waals surface area contributed by atoms with Gasteiger partial charge in [0.05, 0.1) is 29.7 Å². The summed E-state index contributed by atoms with van der Waals surface area (Å²) in [7, 11) is 0. The van der Waals surface area contributed by atoms with Crippen LogP contribution in [0.3, 0.4) is 0 Å². The van der Waals surface area contributed by atoms with E-state index in [1.807, 2.05) is 12.0 Å². The molecule has 0 N–H and O–H groups in total. The van der Waals surface area contributed by atoms with Crippen molar-refractivity contribution in [1.82, 2.24) is 5.06 Å². The van der Waals surface area contributed by atoms with Gasteiger partial charge in [-0.1, -0.05) is 33.6 Å². The fourth-order valence-electron chi connectivity index (χ4n) is 5.23. The van der Waals surface area contributed by atoms with E-state index in [-0.39, 0.29) is 41.3 Å². The Bertz CT molecular complexity index is 1690. The Morgan fingerprint density at radius 3 is 1.71 bits per heavy atom. The number of hydrogen-bond donors (Lipinski definition) is 0. The lowest BCUT2D eigenvalue weighted by Gasteiger charge is -2.63. The SMILES string of the molecule is CC#CC#CC#CC#CC#CC#CC#CC#CC(=O)OCC1(CC)COC2(CC(C)(CC)N(OC(C)=O)C(C)(CC)C2C)OC1.[HH].[HH].[HH].[HH].[HH].[HH].[HH].[HH].[HH].[HH].[HH].[HH].[HH].[HH].[HH].[HH]. The molecule has 45 heavy (non-hydrogen) atoms. The van der Waals surface area contributed by atoms with Gasteiger partial charge in [-0.3, -0.25) is 4.79 Å². The van der Waals surface area contributed by atoms with E-state index in [0.717, 1.165) is 12.8 Å². The Balaban J connectivity index is -0.000000102. The minimum atomic E-state index is -0.880. The maximum Gasteiger partial charge on any atom is 0.385 e. The number of carbonyl (C=O) groups is 2. The van der Waals surface area contributed by atoms with Crippen LogP contribution in [0.2, 0.25) is 0 Å². The van der Waals surface area contributed by atoms with Crippen molar-refractivity contribution in [3.8, 4) is 94.7 Å². The fourth-order valence-corrected chi connectivity index (χ4v) is 5.23. The molecule has 0 aromatic carbocycles. The fraction of sp³-hybridized carbons (Fsp3) is 0.526. The number of ether oxygens (including phenoxy) is 3. The molecule has 3 atom stereocenters. The summed E-state index contributed by atoms with van der Waals surface area (Å²) < 4.78 is 18.7. The van der Waals surface area contributed by atoms with Gasteiger partial charge in [-0.15, -0.1) is 5.06 Å². The minimum absolute atomic E-state index is 0. The summed E-state index contributed by atoms with van der Waals surface area (Å²) in [5, 5.41) is 1.87. The zero-order chi connectivity index (χ0) is 33.4. The first-order chi connectivity index (χ1) is 21.5. The van der Waals surface area contributed by atoms with Crippen molar-refractivity contribution in [1.29, 1.82) is 0 Å². The zero-order valence-corrected chi connectivity index (χ0v) is 27.4. The van der Waals surface area contributed by atoms with E-state index in [4.69, 9.17) is 19.0 Å². The second-order valence-corrected chi connectivity index (χ2v) is 11.3. The number of esters is 1. The molecule has 2 aliphatic rings. The lowest BCUT2D eigenvalue weighted by molar-refractivity contribution is -0.403. The van der Waals surface area contributed by atoms with Gasteiger partial charge in [0.1, 0.15) is 6.61 Å².